The van der Waals surface area contributed by atoms with Gasteiger partial charge in [0, 0.05) is 13.1 Å². The monoisotopic (exact) mass is 237 g/mol. The topological polar surface area (TPSA) is 41.3 Å². The molecule has 0 aromatic heterocycles. The molecule has 3 N–H and O–H groups in total. The minimum atomic E-state index is -0.247. The third-order valence-electron chi connectivity index (χ3n) is 3.41. The maximum absolute atomic E-state index is 13.1. The highest BCUT2D eigenvalue weighted by Gasteiger charge is 2.20. The lowest BCUT2D eigenvalue weighted by atomic mass is 10.1. The van der Waals surface area contributed by atoms with Gasteiger partial charge in [0.15, 0.2) is 0 Å². The standard InChI is InChI=1S/C13H20FN3/c1-2-17-6-5-10(9-17)8-16-13-7-11(14)3-4-12(13)15/h3-4,7,10,16H,2,5-6,8-9,15H2,1H3. The zero-order valence-electron chi connectivity index (χ0n) is 10.2. The van der Waals surface area contributed by atoms with Crippen molar-refractivity contribution in [2.24, 2.45) is 5.92 Å². The van der Waals surface area contributed by atoms with Gasteiger partial charge >= 0.3 is 0 Å². The van der Waals surface area contributed by atoms with E-state index in [1.807, 2.05) is 0 Å². The fraction of sp³-hybridized carbons (Fsp3) is 0.538. The molecule has 0 amide bonds. The van der Waals surface area contributed by atoms with E-state index in [0.29, 0.717) is 17.3 Å². The molecule has 1 unspecified atom stereocenters. The molecule has 1 aromatic rings. The fourth-order valence-electron chi connectivity index (χ4n) is 2.30. The first-order valence-corrected chi connectivity index (χ1v) is 6.20. The van der Waals surface area contributed by atoms with Crippen LogP contribution in [0.4, 0.5) is 15.8 Å². The largest absolute Gasteiger partial charge is 0.397 e. The minimum absolute atomic E-state index is 0.247. The molecule has 1 atom stereocenters. The zero-order valence-corrected chi connectivity index (χ0v) is 10.2. The number of hydrogen-bond donors (Lipinski definition) is 2. The number of nitrogens with two attached hydrogens (primary N) is 1. The number of likely N-dealkylation sites (tertiary alicyclic amines) is 1. The maximum atomic E-state index is 13.1. The Bertz CT molecular complexity index is 381. The number of rotatable bonds is 4. The van der Waals surface area contributed by atoms with Gasteiger partial charge in [-0.2, -0.15) is 0 Å². The first-order valence-electron chi connectivity index (χ1n) is 6.20. The van der Waals surface area contributed by atoms with E-state index in [1.165, 1.54) is 25.1 Å². The molecular weight excluding hydrogens is 217 g/mol. The van der Waals surface area contributed by atoms with Crippen molar-refractivity contribution in [3.63, 3.8) is 0 Å². The van der Waals surface area contributed by atoms with Gasteiger partial charge in [-0.25, -0.2) is 4.39 Å². The number of anilines is 2. The Morgan fingerprint density at radius 2 is 2.35 bits per heavy atom. The third-order valence-corrected chi connectivity index (χ3v) is 3.41. The lowest BCUT2D eigenvalue weighted by molar-refractivity contribution is 0.345. The van der Waals surface area contributed by atoms with Crippen LogP contribution >= 0.6 is 0 Å². The lowest BCUT2D eigenvalue weighted by Gasteiger charge is -2.15. The van der Waals surface area contributed by atoms with Gasteiger partial charge in [0.05, 0.1) is 11.4 Å². The average molecular weight is 237 g/mol. The number of hydrogen-bond acceptors (Lipinski definition) is 3. The molecule has 4 heteroatoms. The molecule has 94 valence electrons. The van der Waals surface area contributed by atoms with Gasteiger partial charge in [0.25, 0.3) is 0 Å². The van der Waals surface area contributed by atoms with Crippen LogP contribution in [-0.2, 0) is 0 Å². The minimum Gasteiger partial charge on any atom is -0.397 e. The van der Waals surface area contributed by atoms with Crippen molar-refractivity contribution in [2.45, 2.75) is 13.3 Å². The van der Waals surface area contributed by atoms with E-state index in [2.05, 4.69) is 17.1 Å². The smallest absolute Gasteiger partial charge is 0.125 e. The summed E-state index contributed by atoms with van der Waals surface area (Å²) in [5.74, 6) is 0.390. The summed E-state index contributed by atoms with van der Waals surface area (Å²) in [4.78, 5) is 2.43. The van der Waals surface area contributed by atoms with E-state index in [0.717, 1.165) is 19.6 Å². The van der Waals surface area contributed by atoms with Crippen molar-refractivity contribution in [2.75, 3.05) is 37.2 Å². The van der Waals surface area contributed by atoms with Crippen molar-refractivity contribution < 1.29 is 4.39 Å². The normalized spacial score (nSPS) is 20.7. The van der Waals surface area contributed by atoms with Crippen LogP contribution in [0.15, 0.2) is 18.2 Å². The summed E-state index contributed by atoms with van der Waals surface area (Å²) < 4.78 is 13.1. The molecule has 0 saturated carbocycles. The number of nitrogens with one attached hydrogen (secondary N) is 1. The van der Waals surface area contributed by atoms with Gasteiger partial charge in [0.2, 0.25) is 0 Å². The van der Waals surface area contributed by atoms with Gasteiger partial charge < -0.3 is 16.0 Å². The van der Waals surface area contributed by atoms with Crippen LogP contribution in [0.3, 0.4) is 0 Å². The predicted octanol–water partition coefficient (Wildman–Crippen LogP) is 2.16. The van der Waals surface area contributed by atoms with Crippen molar-refractivity contribution in [1.82, 2.24) is 4.90 Å². The Morgan fingerprint density at radius 1 is 1.53 bits per heavy atom. The molecule has 17 heavy (non-hydrogen) atoms. The first kappa shape index (κ1) is 12.2. The van der Waals surface area contributed by atoms with E-state index in [1.54, 1.807) is 6.07 Å². The predicted molar refractivity (Wildman–Crippen MR) is 69.5 cm³/mol. The average Bonchev–Trinajstić information content (AvgIpc) is 2.78. The summed E-state index contributed by atoms with van der Waals surface area (Å²) >= 11 is 0. The maximum Gasteiger partial charge on any atom is 0.125 e. The molecular formula is C13H20FN3. The summed E-state index contributed by atoms with van der Waals surface area (Å²) in [5, 5.41) is 3.25. The number of nitrogens with zero attached hydrogens (tertiary/aromatic N) is 1. The van der Waals surface area contributed by atoms with Gasteiger partial charge in [0.1, 0.15) is 5.82 Å². The van der Waals surface area contributed by atoms with Crippen LogP contribution < -0.4 is 11.1 Å². The summed E-state index contributed by atoms with van der Waals surface area (Å²) in [6.07, 6.45) is 1.20. The third kappa shape index (κ3) is 3.09. The highest BCUT2D eigenvalue weighted by atomic mass is 19.1. The molecule has 2 rings (SSSR count). The van der Waals surface area contributed by atoms with Gasteiger partial charge in [-0.05, 0) is 43.6 Å². The molecule has 0 radical (unpaired) electrons. The van der Waals surface area contributed by atoms with Crippen molar-refractivity contribution in [1.29, 1.82) is 0 Å². The van der Waals surface area contributed by atoms with E-state index in [9.17, 15) is 4.39 Å². The Morgan fingerprint density at radius 3 is 3.06 bits per heavy atom. The molecule has 1 aromatic carbocycles. The summed E-state index contributed by atoms with van der Waals surface area (Å²) in [5.41, 5.74) is 7.10. The van der Waals surface area contributed by atoms with Crippen LogP contribution in [0.2, 0.25) is 0 Å². The second-order valence-corrected chi connectivity index (χ2v) is 4.66. The summed E-state index contributed by atoms with van der Waals surface area (Å²) in [7, 11) is 0. The first-order chi connectivity index (χ1) is 8.19. The van der Waals surface area contributed by atoms with Gasteiger partial charge in [-0.3, -0.25) is 0 Å². The Labute approximate surface area is 102 Å². The number of benzene rings is 1. The number of halogens is 1. The molecule has 1 heterocycles. The molecule has 1 fully saturated rings. The quantitative estimate of drug-likeness (QED) is 0.788. The summed E-state index contributed by atoms with van der Waals surface area (Å²) in [6, 6.07) is 4.45. The molecule has 0 bridgehead atoms. The molecule has 1 saturated heterocycles. The van der Waals surface area contributed by atoms with Gasteiger partial charge in [-0.15, -0.1) is 0 Å². The van der Waals surface area contributed by atoms with E-state index >= 15 is 0 Å². The zero-order chi connectivity index (χ0) is 12.3. The van der Waals surface area contributed by atoms with E-state index in [4.69, 9.17) is 5.73 Å². The van der Waals surface area contributed by atoms with E-state index in [-0.39, 0.29) is 5.82 Å². The van der Waals surface area contributed by atoms with Crippen LogP contribution in [0, 0.1) is 11.7 Å². The molecule has 0 spiro atoms. The fourth-order valence-corrected chi connectivity index (χ4v) is 2.30. The molecule has 1 aliphatic rings. The summed E-state index contributed by atoms with van der Waals surface area (Å²) in [6.45, 7) is 6.45. The highest BCUT2D eigenvalue weighted by Crippen LogP contribution is 2.21. The molecule has 0 aliphatic carbocycles. The van der Waals surface area contributed by atoms with Crippen LogP contribution in [0.25, 0.3) is 0 Å². The van der Waals surface area contributed by atoms with Crippen molar-refractivity contribution in [3.05, 3.63) is 24.0 Å². The van der Waals surface area contributed by atoms with Crippen molar-refractivity contribution >= 4 is 11.4 Å². The van der Waals surface area contributed by atoms with Crippen LogP contribution in [0.5, 0.6) is 0 Å². The Kier molecular flexibility index (Phi) is 3.84. The van der Waals surface area contributed by atoms with Gasteiger partial charge in [-0.1, -0.05) is 6.92 Å². The van der Waals surface area contributed by atoms with Crippen LogP contribution in [0.1, 0.15) is 13.3 Å². The number of nitrogen functional groups attached to an aromatic ring is 1. The van der Waals surface area contributed by atoms with Crippen LogP contribution in [-0.4, -0.2) is 31.1 Å². The Balaban J connectivity index is 1.88. The van der Waals surface area contributed by atoms with E-state index < -0.39 is 0 Å². The SMILES string of the molecule is CCN1CCC(CNc2cc(F)ccc2N)C1. The second kappa shape index (κ2) is 5.36. The lowest BCUT2D eigenvalue weighted by Crippen LogP contribution is -2.22. The molecule has 1 aliphatic heterocycles. The molecule has 3 nitrogen and oxygen atoms in total. The highest BCUT2D eigenvalue weighted by molar-refractivity contribution is 5.65. The second-order valence-electron chi connectivity index (χ2n) is 4.66. The Hall–Kier alpha value is -1.29. The van der Waals surface area contributed by atoms with Crippen molar-refractivity contribution in [3.8, 4) is 0 Å².